The molecule has 0 unspecified atom stereocenters. The van der Waals surface area contributed by atoms with E-state index < -0.39 is 0 Å². The summed E-state index contributed by atoms with van der Waals surface area (Å²) in [4.78, 5) is 17.1. The molecule has 0 spiro atoms. The first-order valence-electron chi connectivity index (χ1n) is 6.04. The van der Waals surface area contributed by atoms with Gasteiger partial charge in [0.05, 0.1) is 16.6 Å². The molecule has 0 radical (unpaired) electrons. The summed E-state index contributed by atoms with van der Waals surface area (Å²) < 4.78 is 2.43. The van der Waals surface area contributed by atoms with Crippen LogP contribution in [-0.4, -0.2) is 14.7 Å². The number of phenolic OH excluding ortho intramolecular Hbond substituents is 1. The average Bonchev–Trinajstić information content (AvgIpc) is 2.40. The maximum atomic E-state index is 12.6. The van der Waals surface area contributed by atoms with Crippen LogP contribution >= 0.6 is 15.9 Å². The zero-order valence-electron chi connectivity index (χ0n) is 10.7. The molecule has 0 saturated heterocycles. The molecule has 0 aliphatic rings. The maximum absolute atomic E-state index is 12.6. The lowest BCUT2D eigenvalue weighted by Crippen LogP contribution is -2.22. The summed E-state index contributed by atoms with van der Waals surface area (Å²) in [6.45, 7) is 1.79. The summed E-state index contributed by atoms with van der Waals surface area (Å²) in [6, 6.07) is 11.9. The fourth-order valence-electron chi connectivity index (χ4n) is 2.18. The number of hydrogen-bond acceptors (Lipinski definition) is 3. The number of aryl methyl sites for hydroxylation is 1. The van der Waals surface area contributed by atoms with E-state index in [0.29, 0.717) is 22.4 Å². The van der Waals surface area contributed by atoms with Crippen LogP contribution < -0.4 is 5.56 Å². The number of nitrogens with zero attached hydrogens (tertiary/aromatic N) is 2. The summed E-state index contributed by atoms with van der Waals surface area (Å²) in [5.74, 6) is 0.767. The van der Waals surface area contributed by atoms with Crippen molar-refractivity contribution >= 4 is 26.8 Å². The molecule has 0 bridgehead atoms. The summed E-state index contributed by atoms with van der Waals surface area (Å²) in [5.41, 5.74) is 1.23. The Labute approximate surface area is 123 Å². The van der Waals surface area contributed by atoms with Gasteiger partial charge < -0.3 is 5.11 Å². The van der Waals surface area contributed by atoms with Crippen molar-refractivity contribution in [1.82, 2.24) is 9.55 Å². The molecule has 0 atom stereocenters. The molecule has 3 aromatic rings. The van der Waals surface area contributed by atoms with E-state index >= 15 is 0 Å². The molecule has 0 aliphatic heterocycles. The Balaban J connectivity index is 2.34. The molecule has 20 heavy (non-hydrogen) atoms. The molecule has 0 aliphatic carbocycles. The molecule has 0 amide bonds. The van der Waals surface area contributed by atoms with Crippen molar-refractivity contribution in [2.75, 3.05) is 0 Å². The third-order valence-electron chi connectivity index (χ3n) is 3.11. The Morgan fingerprint density at radius 2 is 1.85 bits per heavy atom. The number of fused-ring (bicyclic) bond motifs is 1. The van der Waals surface area contributed by atoms with Crippen LogP contribution in [-0.2, 0) is 0 Å². The highest BCUT2D eigenvalue weighted by molar-refractivity contribution is 9.10. The van der Waals surface area contributed by atoms with Crippen molar-refractivity contribution in [3.8, 4) is 11.4 Å². The fourth-order valence-corrected chi connectivity index (χ4v) is 2.52. The Hall–Kier alpha value is -2.14. The predicted octanol–water partition coefficient (Wildman–Crippen LogP) is 3.16. The number of phenols is 1. The van der Waals surface area contributed by atoms with Crippen molar-refractivity contribution in [3.63, 3.8) is 0 Å². The molecule has 4 nitrogen and oxygen atoms in total. The molecular weight excluding hydrogens is 320 g/mol. The van der Waals surface area contributed by atoms with Crippen molar-refractivity contribution in [2.24, 2.45) is 0 Å². The van der Waals surface area contributed by atoms with E-state index in [9.17, 15) is 9.90 Å². The molecule has 1 N–H and O–H groups in total. The number of rotatable bonds is 1. The third-order valence-corrected chi connectivity index (χ3v) is 3.60. The molecule has 1 aromatic heterocycles. The van der Waals surface area contributed by atoms with E-state index in [4.69, 9.17) is 0 Å². The van der Waals surface area contributed by atoms with Gasteiger partial charge in [0.1, 0.15) is 11.6 Å². The second kappa shape index (κ2) is 4.76. The van der Waals surface area contributed by atoms with Crippen LogP contribution in [0.4, 0.5) is 0 Å². The topological polar surface area (TPSA) is 55.1 Å². The van der Waals surface area contributed by atoms with E-state index in [1.54, 1.807) is 37.3 Å². The number of aromatic hydroxyl groups is 1. The van der Waals surface area contributed by atoms with E-state index in [-0.39, 0.29) is 11.3 Å². The lowest BCUT2D eigenvalue weighted by atomic mass is 10.2. The quantitative estimate of drug-likeness (QED) is 0.745. The van der Waals surface area contributed by atoms with Crippen LogP contribution in [0.2, 0.25) is 0 Å². The van der Waals surface area contributed by atoms with Crippen LogP contribution in [0.1, 0.15) is 5.82 Å². The SMILES string of the molecule is Cc1nc2cc(Br)ccc2c(=O)n1-c1ccc(O)cc1. The summed E-state index contributed by atoms with van der Waals surface area (Å²) in [5, 5.41) is 9.90. The van der Waals surface area contributed by atoms with Gasteiger partial charge in [-0.1, -0.05) is 15.9 Å². The molecule has 0 fully saturated rings. The fraction of sp³-hybridized carbons (Fsp3) is 0.0667. The standard InChI is InChI=1S/C15H11BrN2O2/c1-9-17-14-8-10(16)2-7-13(14)15(20)18(9)11-3-5-12(19)6-4-11/h2-8,19H,1H3. The Bertz CT molecular complexity index is 854. The average molecular weight is 331 g/mol. The second-order valence-electron chi connectivity index (χ2n) is 4.48. The van der Waals surface area contributed by atoms with Gasteiger partial charge in [-0.3, -0.25) is 9.36 Å². The van der Waals surface area contributed by atoms with Crippen molar-refractivity contribution < 1.29 is 5.11 Å². The molecule has 1 heterocycles. The smallest absolute Gasteiger partial charge is 0.265 e. The van der Waals surface area contributed by atoms with Crippen molar-refractivity contribution in [1.29, 1.82) is 0 Å². The first-order chi connectivity index (χ1) is 9.56. The Morgan fingerprint density at radius 1 is 1.15 bits per heavy atom. The van der Waals surface area contributed by atoms with Gasteiger partial charge in [0.2, 0.25) is 0 Å². The minimum atomic E-state index is -0.120. The molecule has 0 saturated carbocycles. The van der Waals surface area contributed by atoms with Gasteiger partial charge in [0.25, 0.3) is 5.56 Å². The third kappa shape index (κ3) is 2.10. The van der Waals surface area contributed by atoms with Crippen molar-refractivity contribution in [3.05, 3.63) is 63.1 Å². The first kappa shape index (κ1) is 12.9. The summed E-state index contributed by atoms with van der Waals surface area (Å²) in [7, 11) is 0. The van der Waals surface area contributed by atoms with E-state index in [2.05, 4.69) is 20.9 Å². The van der Waals surface area contributed by atoms with E-state index in [0.717, 1.165) is 4.47 Å². The zero-order valence-corrected chi connectivity index (χ0v) is 12.3. The molecule has 2 aromatic carbocycles. The number of hydrogen-bond donors (Lipinski definition) is 1. The van der Waals surface area contributed by atoms with Gasteiger partial charge >= 0.3 is 0 Å². The van der Waals surface area contributed by atoms with Gasteiger partial charge in [-0.2, -0.15) is 0 Å². The Kier molecular flexibility index (Phi) is 3.06. The minimum absolute atomic E-state index is 0.120. The largest absolute Gasteiger partial charge is 0.508 e. The van der Waals surface area contributed by atoms with Gasteiger partial charge in [0.15, 0.2) is 0 Å². The molecular formula is C15H11BrN2O2. The van der Waals surface area contributed by atoms with Crippen LogP contribution in [0.3, 0.4) is 0 Å². The normalized spacial score (nSPS) is 10.9. The lowest BCUT2D eigenvalue weighted by Gasteiger charge is -2.11. The van der Waals surface area contributed by atoms with Crippen LogP contribution in [0, 0.1) is 6.92 Å². The first-order valence-corrected chi connectivity index (χ1v) is 6.84. The number of halogens is 1. The van der Waals surface area contributed by atoms with Crippen LogP contribution in [0.5, 0.6) is 5.75 Å². The number of aromatic nitrogens is 2. The van der Waals surface area contributed by atoms with Gasteiger partial charge in [0, 0.05) is 4.47 Å². The highest BCUT2D eigenvalue weighted by atomic mass is 79.9. The van der Waals surface area contributed by atoms with Gasteiger partial charge in [-0.15, -0.1) is 0 Å². The second-order valence-corrected chi connectivity index (χ2v) is 5.39. The molecule has 100 valence electrons. The molecule has 5 heteroatoms. The zero-order chi connectivity index (χ0) is 14.3. The Morgan fingerprint density at radius 3 is 2.55 bits per heavy atom. The van der Waals surface area contributed by atoms with Crippen molar-refractivity contribution in [2.45, 2.75) is 6.92 Å². The van der Waals surface area contributed by atoms with Gasteiger partial charge in [-0.05, 0) is 49.4 Å². The monoisotopic (exact) mass is 330 g/mol. The summed E-state index contributed by atoms with van der Waals surface area (Å²) >= 11 is 3.38. The van der Waals surface area contributed by atoms with Gasteiger partial charge in [-0.25, -0.2) is 4.98 Å². The van der Waals surface area contributed by atoms with E-state index in [1.165, 1.54) is 4.57 Å². The van der Waals surface area contributed by atoms with Crippen LogP contribution in [0.15, 0.2) is 51.7 Å². The summed E-state index contributed by atoms with van der Waals surface area (Å²) in [6.07, 6.45) is 0. The minimum Gasteiger partial charge on any atom is -0.508 e. The number of benzene rings is 2. The highest BCUT2D eigenvalue weighted by Crippen LogP contribution is 2.18. The van der Waals surface area contributed by atoms with Crippen LogP contribution in [0.25, 0.3) is 16.6 Å². The highest BCUT2D eigenvalue weighted by Gasteiger charge is 2.10. The maximum Gasteiger partial charge on any atom is 0.265 e. The lowest BCUT2D eigenvalue weighted by molar-refractivity contribution is 0.475. The molecule has 3 rings (SSSR count). The van der Waals surface area contributed by atoms with E-state index in [1.807, 2.05) is 12.1 Å². The predicted molar refractivity (Wildman–Crippen MR) is 81.4 cm³/mol.